The molecule has 0 aromatic carbocycles. The minimum Gasteiger partial charge on any atom is -0.330 e. The van der Waals surface area contributed by atoms with Crippen molar-refractivity contribution in [2.24, 2.45) is 5.73 Å². The van der Waals surface area contributed by atoms with Gasteiger partial charge in [0.15, 0.2) is 0 Å². The van der Waals surface area contributed by atoms with E-state index in [1.165, 1.54) is 9.75 Å². The Morgan fingerprint density at radius 3 is 2.86 bits per heavy atom. The number of halogens is 1. The second-order valence-corrected chi connectivity index (χ2v) is 6.35. The molecular formula is C9H9BrN2S2. The molecule has 0 atom stereocenters. The number of aromatic nitrogens is 1. The fraction of sp³-hybridized carbons (Fsp3) is 0.222. The van der Waals surface area contributed by atoms with Crippen molar-refractivity contribution in [1.29, 1.82) is 0 Å². The van der Waals surface area contributed by atoms with E-state index < -0.39 is 0 Å². The lowest BCUT2D eigenvalue weighted by atomic mass is 10.4. The van der Waals surface area contributed by atoms with Gasteiger partial charge in [0, 0.05) is 11.1 Å². The summed E-state index contributed by atoms with van der Waals surface area (Å²) in [6.45, 7) is 0.690. The van der Waals surface area contributed by atoms with E-state index in [0.29, 0.717) is 6.54 Å². The summed E-state index contributed by atoms with van der Waals surface area (Å²) in [5.74, 6) is 0. The standard InChI is InChI=1S/C9H9BrN2S2/c10-8-2-1-7(14-8)9-12-5-6(13-9)3-4-11/h1-2,5H,3-4,11H2. The van der Waals surface area contributed by atoms with Gasteiger partial charge in [0.05, 0.1) is 8.66 Å². The van der Waals surface area contributed by atoms with Gasteiger partial charge in [-0.3, -0.25) is 0 Å². The van der Waals surface area contributed by atoms with E-state index in [4.69, 9.17) is 5.73 Å². The first-order chi connectivity index (χ1) is 6.79. The lowest BCUT2D eigenvalue weighted by Gasteiger charge is -1.88. The van der Waals surface area contributed by atoms with E-state index in [1.54, 1.807) is 22.7 Å². The minimum absolute atomic E-state index is 0.690. The van der Waals surface area contributed by atoms with Crippen molar-refractivity contribution in [2.75, 3.05) is 6.54 Å². The zero-order valence-electron chi connectivity index (χ0n) is 7.37. The van der Waals surface area contributed by atoms with E-state index >= 15 is 0 Å². The number of thiophene rings is 1. The van der Waals surface area contributed by atoms with E-state index in [1.807, 2.05) is 12.3 Å². The Bertz CT molecular complexity index is 422. The van der Waals surface area contributed by atoms with Crippen LogP contribution in [0.15, 0.2) is 22.1 Å². The highest BCUT2D eigenvalue weighted by atomic mass is 79.9. The Morgan fingerprint density at radius 1 is 1.36 bits per heavy atom. The largest absolute Gasteiger partial charge is 0.330 e. The average Bonchev–Trinajstić information content (AvgIpc) is 2.74. The molecule has 5 heteroatoms. The van der Waals surface area contributed by atoms with Crippen molar-refractivity contribution in [3.05, 3.63) is 27.0 Å². The molecule has 0 unspecified atom stereocenters. The number of nitrogens with two attached hydrogens (primary N) is 1. The van der Waals surface area contributed by atoms with Crippen LogP contribution < -0.4 is 5.73 Å². The van der Waals surface area contributed by atoms with Crippen molar-refractivity contribution >= 4 is 38.6 Å². The van der Waals surface area contributed by atoms with E-state index in [0.717, 1.165) is 15.2 Å². The number of thiazole rings is 1. The Hall–Kier alpha value is -0.230. The first-order valence-corrected chi connectivity index (χ1v) is 6.62. The molecule has 0 aliphatic carbocycles. The van der Waals surface area contributed by atoms with Gasteiger partial charge < -0.3 is 5.73 Å². The molecule has 2 N–H and O–H groups in total. The molecule has 2 aromatic rings. The first-order valence-electron chi connectivity index (χ1n) is 4.20. The molecule has 0 aliphatic heterocycles. The smallest absolute Gasteiger partial charge is 0.133 e. The molecule has 0 saturated carbocycles. The van der Waals surface area contributed by atoms with Crippen LogP contribution in [0.3, 0.4) is 0 Å². The Kier molecular flexibility index (Phi) is 3.33. The monoisotopic (exact) mass is 288 g/mol. The number of rotatable bonds is 3. The lowest BCUT2D eigenvalue weighted by Crippen LogP contribution is -2.00. The van der Waals surface area contributed by atoms with Crippen LogP contribution in [0.2, 0.25) is 0 Å². The van der Waals surface area contributed by atoms with Crippen LogP contribution in [0.5, 0.6) is 0 Å². The van der Waals surface area contributed by atoms with Crippen LogP contribution in [-0.4, -0.2) is 11.5 Å². The van der Waals surface area contributed by atoms with Gasteiger partial charge in [-0.15, -0.1) is 22.7 Å². The third-order valence-corrected chi connectivity index (χ3v) is 4.58. The van der Waals surface area contributed by atoms with E-state index in [2.05, 4.69) is 27.0 Å². The van der Waals surface area contributed by atoms with Crippen molar-refractivity contribution in [3.8, 4) is 9.88 Å². The van der Waals surface area contributed by atoms with Crippen molar-refractivity contribution in [2.45, 2.75) is 6.42 Å². The van der Waals surface area contributed by atoms with Gasteiger partial charge in [-0.1, -0.05) is 0 Å². The number of hydrogen-bond acceptors (Lipinski definition) is 4. The zero-order chi connectivity index (χ0) is 9.97. The predicted octanol–water partition coefficient (Wildman–Crippen LogP) is 3.14. The summed E-state index contributed by atoms with van der Waals surface area (Å²) in [5, 5.41) is 1.09. The molecule has 2 heterocycles. The second-order valence-electron chi connectivity index (χ2n) is 2.77. The van der Waals surface area contributed by atoms with Crippen molar-refractivity contribution in [1.82, 2.24) is 4.98 Å². The Labute approximate surface area is 98.9 Å². The molecule has 0 aliphatic rings. The Morgan fingerprint density at radius 2 is 2.21 bits per heavy atom. The molecule has 2 rings (SSSR count). The molecule has 0 saturated heterocycles. The first kappa shape index (κ1) is 10.3. The van der Waals surface area contributed by atoms with Gasteiger partial charge in [0.1, 0.15) is 5.01 Å². The minimum atomic E-state index is 0.690. The highest BCUT2D eigenvalue weighted by Gasteiger charge is 2.06. The van der Waals surface area contributed by atoms with Crippen LogP contribution in [0, 0.1) is 0 Å². The highest BCUT2D eigenvalue weighted by Crippen LogP contribution is 2.33. The number of nitrogens with zero attached hydrogens (tertiary/aromatic N) is 1. The zero-order valence-corrected chi connectivity index (χ0v) is 10.6. The molecule has 2 aromatic heterocycles. The average molecular weight is 289 g/mol. The van der Waals surface area contributed by atoms with E-state index in [9.17, 15) is 0 Å². The molecule has 0 amide bonds. The van der Waals surface area contributed by atoms with Crippen molar-refractivity contribution < 1.29 is 0 Å². The van der Waals surface area contributed by atoms with Gasteiger partial charge in [-0.2, -0.15) is 0 Å². The summed E-state index contributed by atoms with van der Waals surface area (Å²) >= 11 is 6.87. The van der Waals surface area contributed by atoms with Gasteiger partial charge in [0.2, 0.25) is 0 Å². The van der Waals surface area contributed by atoms with Crippen LogP contribution in [0.25, 0.3) is 9.88 Å². The molecule has 2 nitrogen and oxygen atoms in total. The molecule has 14 heavy (non-hydrogen) atoms. The lowest BCUT2D eigenvalue weighted by molar-refractivity contribution is 0.984. The third-order valence-electron chi connectivity index (χ3n) is 1.73. The highest BCUT2D eigenvalue weighted by molar-refractivity contribution is 9.11. The van der Waals surface area contributed by atoms with Crippen LogP contribution >= 0.6 is 38.6 Å². The summed E-state index contributed by atoms with van der Waals surface area (Å²) in [4.78, 5) is 6.84. The molecular weight excluding hydrogens is 280 g/mol. The topological polar surface area (TPSA) is 38.9 Å². The molecule has 0 spiro atoms. The fourth-order valence-corrected chi connectivity index (χ4v) is 3.48. The molecule has 0 fully saturated rings. The number of hydrogen-bond donors (Lipinski definition) is 1. The molecule has 74 valence electrons. The van der Waals surface area contributed by atoms with Crippen molar-refractivity contribution in [3.63, 3.8) is 0 Å². The summed E-state index contributed by atoms with van der Waals surface area (Å²) in [7, 11) is 0. The Balaban J connectivity index is 2.24. The summed E-state index contributed by atoms with van der Waals surface area (Å²) in [5.41, 5.74) is 5.49. The fourth-order valence-electron chi connectivity index (χ4n) is 1.11. The van der Waals surface area contributed by atoms with Crippen LogP contribution in [-0.2, 0) is 6.42 Å². The summed E-state index contributed by atoms with van der Waals surface area (Å²) < 4.78 is 1.14. The quantitative estimate of drug-likeness (QED) is 0.942. The second kappa shape index (κ2) is 4.53. The normalized spacial score (nSPS) is 10.7. The van der Waals surface area contributed by atoms with Crippen LogP contribution in [0.1, 0.15) is 4.88 Å². The van der Waals surface area contributed by atoms with E-state index in [-0.39, 0.29) is 0 Å². The predicted molar refractivity (Wildman–Crippen MR) is 65.9 cm³/mol. The van der Waals surface area contributed by atoms with Crippen LogP contribution in [0.4, 0.5) is 0 Å². The van der Waals surface area contributed by atoms with Gasteiger partial charge in [-0.25, -0.2) is 4.98 Å². The summed E-state index contributed by atoms with van der Waals surface area (Å²) in [6, 6.07) is 4.13. The van der Waals surface area contributed by atoms with Gasteiger partial charge >= 0.3 is 0 Å². The van der Waals surface area contributed by atoms with Gasteiger partial charge in [-0.05, 0) is 41.0 Å². The summed E-state index contributed by atoms with van der Waals surface area (Å²) in [6.07, 6.45) is 2.84. The maximum absolute atomic E-state index is 5.49. The molecule has 0 bridgehead atoms. The maximum Gasteiger partial charge on any atom is 0.133 e. The third kappa shape index (κ3) is 2.23. The maximum atomic E-state index is 5.49. The van der Waals surface area contributed by atoms with Gasteiger partial charge in [0.25, 0.3) is 0 Å². The molecule has 0 radical (unpaired) electrons. The SMILES string of the molecule is NCCc1cnc(-c2ccc(Br)s2)s1.